The van der Waals surface area contributed by atoms with E-state index >= 15 is 0 Å². The average Bonchev–Trinajstić information content (AvgIpc) is 2.21. The number of aromatic nitrogens is 2. The molecule has 0 radical (unpaired) electrons. The van der Waals surface area contributed by atoms with Crippen molar-refractivity contribution in [2.75, 3.05) is 11.9 Å². The van der Waals surface area contributed by atoms with E-state index in [1.807, 2.05) is 19.1 Å². The van der Waals surface area contributed by atoms with Gasteiger partial charge in [0.15, 0.2) is 0 Å². The summed E-state index contributed by atoms with van der Waals surface area (Å²) in [5, 5.41) is 11.4. The van der Waals surface area contributed by atoms with Crippen molar-refractivity contribution in [3.8, 4) is 0 Å². The van der Waals surface area contributed by atoms with Crippen LogP contribution in [0.2, 0.25) is 0 Å². The van der Waals surface area contributed by atoms with Crippen molar-refractivity contribution in [1.29, 1.82) is 0 Å². The van der Waals surface area contributed by atoms with E-state index in [4.69, 9.17) is 11.6 Å². The average molecular weight is 214 g/mol. The molecule has 0 saturated carbocycles. The zero-order valence-corrected chi connectivity index (χ0v) is 9.38. The van der Waals surface area contributed by atoms with Crippen molar-refractivity contribution in [2.24, 2.45) is 0 Å². The standard InChI is InChI=1S/C10H16ClN3/c1-3-9(11)6-7-12-10-5-4-8(2)13-14-10/h4-5,9H,3,6-7H2,1-2H3,(H,12,14). The zero-order valence-electron chi connectivity index (χ0n) is 8.63. The highest BCUT2D eigenvalue weighted by Crippen LogP contribution is 2.07. The van der Waals surface area contributed by atoms with Gasteiger partial charge in [-0.1, -0.05) is 6.92 Å². The topological polar surface area (TPSA) is 37.8 Å². The minimum atomic E-state index is 0.251. The van der Waals surface area contributed by atoms with E-state index in [0.717, 1.165) is 30.9 Å². The Labute approximate surface area is 89.9 Å². The van der Waals surface area contributed by atoms with E-state index in [9.17, 15) is 0 Å². The highest BCUT2D eigenvalue weighted by molar-refractivity contribution is 6.20. The lowest BCUT2D eigenvalue weighted by Crippen LogP contribution is -2.09. The number of alkyl halides is 1. The van der Waals surface area contributed by atoms with Crippen molar-refractivity contribution < 1.29 is 0 Å². The lowest BCUT2D eigenvalue weighted by Gasteiger charge is -2.07. The van der Waals surface area contributed by atoms with Crippen LogP contribution in [0.3, 0.4) is 0 Å². The van der Waals surface area contributed by atoms with Crippen LogP contribution in [-0.2, 0) is 0 Å². The molecule has 14 heavy (non-hydrogen) atoms. The fraction of sp³-hybridized carbons (Fsp3) is 0.600. The van der Waals surface area contributed by atoms with E-state index in [1.165, 1.54) is 0 Å². The van der Waals surface area contributed by atoms with E-state index in [0.29, 0.717) is 0 Å². The molecular formula is C10H16ClN3. The molecule has 0 aliphatic rings. The van der Waals surface area contributed by atoms with Gasteiger partial charge in [0.05, 0.1) is 5.69 Å². The molecule has 0 fully saturated rings. The Morgan fingerprint density at radius 3 is 2.79 bits per heavy atom. The summed E-state index contributed by atoms with van der Waals surface area (Å²) in [5.74, 6) is 0.815. The van der Waals surface area contributed by atoms with Crippen molar-refractivity contribution >= 4 is 17.4 Å². The Balaban J connectivity index is 2.28. The van der Waals surface area contributed by atoms with Crippen LogP contribution in [0.5, 0.6) is 0 Å². The Morgan fingerprint density at radius 1 is 1.43 bits per heavy atom. The molecule has 0 spiro atoms. The Bertz CT molecular complexity index is 261. The number of anilines is 1. The van der Waals surface area contributed by atoms with Crippen molar-refractivity contribution in [3.63, 3.8) is 0 Å². The van der Waals surface area contributed by atoms with Gasteiger partial charge in [-0.3, -0.25) is 0 Å². The zero-order chi connectivity index (χ0) is 10.4. The van der Waals surface area contributed by atoms with Crippen LogP contribution in [0.1, 0.15) is 25.5 Å². The first-order chi connectivity index (χ1) is 6.72. The molecule has 0 amide bonds. The van der Waals surface area contributed by atoms with Crippen LogP contribution in [0.4, 0.5) is 5.82 Å². The highest BCUT2D eigenvalue weighted by Gasteiger charge is 2.00. The van der Waals surface area contributed by atoms with Gasteiger partial charge in [-0.05, 0) is 31.9 Å². The third-order valence-electron chi connectivity index (χ3n) is 2.00. The van der Waals surface area contributed by atoms with Crippen LogP contribution >= 0.6 is 11.6 Å². The van der Waals surface area contributed by atoms with Gasteiger partial charge in [0.2, 0.25) is 0 Å². The molecule has 1 aromatic rings. The second-order valence-corrected chi connectivity index (χ2v) is 3.90. The van der Waals surface area contributed by atoms with Gasteiger partial charge >= 0.3 is 0 Å². The second kappa shape index (κ2) is 5.81. The predicted octanol–water partition coefficient (Wildman–Crippen LogP) is 2.60. The molecule has 1 heterocycles. The highest BCUT2D eigenvalue weighted by atomic mass is 35.5. The number of halogens is 1. The van der Waals surface area contributed by atoms with Crippen molar-refractivity contribution in [2.45, 2.75) is 32.1 Å². The summed E-state index contributed by atoms with van der Waals surface area (Å²) < 4.78 is 0. The summed E-state index contributed by atoms with van der Waals surface area (Å²) in [6, 6.07) is 3.87. The molecule has 1 rings (SSSR count). The SMILES string of the molecule is CCC(Cl)CCNc1ccc(C)nn1. The number of nitrogens with zero attached hydrogens (tertiary/aromatic N) is 2. The van der Waals surface area contributed by atoms with Gasteiger partial charge in [-0.15, -0.1) is 16.7 Å². The molecule has 3 nitrogen and oxygen atoms in total. The summed E-state index contributed by atoms with van der Waals surface area (Å²) in [7, 11) is 0. The lowest BCUT2D eigenvalue weighted by molar-refractivity contribution is 0.750. The summed E-state index contributed by atoms with van der Waals surface area (Å²) in [6.07, 6.45) is 1.95. The van der Waals surface area contributed by atoms with E-state index in [-0.39, 0.29) is 5.38 Å². The Morgan fingerprint density at radius 2 is 2.21 bits per heavy atom. The molecule has 1 unspecified atom stereocenters. The van der Waals surface area contributed by atoms with Gasteiger partial charge in [0.1, 0.15) is 5.82 Å². The van der Waals surface area contributed by atoms with E-state index in [1.54, 1.807) is 0 Å². The summed E-state index contributed by atoms with van der Waals surface area (Å²) in [4.78, 5) is 0. The Kier molecular flexibility index (Phi) is 4.66. The first-order valence-corrected chi connectivity index (χ1v) is 5.34. The third kappa shape index (κ3) is 3.92. The van der Waals surface area contributed by atoms with Gasteiger partial charge < -0.3 is 5.32 Å². The lowest BCUT2D eigenvalue weighted by atomic mass is 10.2. The largest absolute Gasteiger partial charge is 0.369 e. The molecule has 0 aliphatic heterocycles. The summed E-state index contributed by atoms with van der Waals surface area (Å²) in [6.45, 7) is 4.85. The molecule has 1 N–H and O–H groups in total. The second-order valence-electron chi connectivity index (χ2n) is 3.28. The maximum atomic E-state index is 5.98. The summed E-state index contributed by atoms with van der Waals surface area (Å²) in [5.41, 5.74) is 0.930. The third-order valence-corrected chi connectivity index (χ3v) is 2.53. The molecule has 1 atom stereocenters. The van der Waals surface area contributed by atoms with Crippen LogP contribution in [0, 0.1) is 6.92 Å². The quantitative estimate of drug-likeness (QED) is 0.765. The smallest absolute Gasteiger partial charge is 0.148 e. The molecule has 0 saturated heterocycles. The predicted molar refractivity (Wildman–Crippen MR) is 59.8 cm³/mol. The van der Waals surface area contributed by atoms with Crippen molar-refractivity contribution in [1.82, 2.24) is 10.2 Å². The monoisotopic (exact) mass is 213 g/mol. The first-order valence-electron chi connectivity index (χ1n) is 4.90. The number of rotatable bonds is 5. The molecular weight excluding hydrogens is 198 g/mol. The number of nitrogens with one attached hydrogen (secondary N) is 1. The van der Waals surface area contributed by atoms with Crippen molar-refractivity contribution in [3.05, 3.63) is 17.8 Å². The number of hydrogen-bond acceptors (Lipinski definition) is 3. The number of hydrogen-bond donors (Lipinski definition) is 1. The molecule has 78 valence electrons. The fourth-order valence-electron chi connectivity index (χ4n) is 1.05. The molecule has 1 aromatic heterocycles. The van der Waals surface area contributed by atoms with Gasteiger partial charge in [0, 0.05) is 11.9 Å². The van der Waals surface area contributed by atoms with Crippen LogP contribution in [0.25, 0.3) is 0 Å². The molecule has 0 aromatic carbocycles. The summed E-state index contributed by atoms with van der Waals surface area (Å²) >= 11 is 5.98. The van der Waals surface area contributed by atoms with Crippen LogP contribution in [-0.4, -0.2) is 22.1 Å². The Hall–Kier alpha value is -0.830. The number of aryl methyl sites for hydroxylation is 1. The molecule has 4 heteroatoms. The minimum absolute atomic E-state index is 0.251. The molecule has 0 aliphatic carbocycles. The molecule has 0 bridgehead atoms. The van der Waals surface area contributed by atoms with Crippen LogP contribution < -0.4 is 5.32 Å². The van der Waals surface area contributed by atoms with Gasteiger partial charge in [-0.25, -0.2) is 0 Å². The first kappa shape index (κ1) is 11.2. The van der Waals surface area contributed by atoms with E-state index in [2.05, 4.69) is 22.4 Å². The van der Waals surface area contributed by atoms with Gasteiger partial charge in [-0.2, -0.15) is 5.10 Å². The fourth-order valence-corrected chi connectivity index (χ4v) is 1.16. The van der Waals surface area contributed by atoms with Gasteiger partial charge in [0.25, 0.3) is 0 Å². The maximum Gasteiger partial charge on any atom is 0.148 e. The normalized spacial score (nSPS) is 12.5. The van der Waals surface area contributed by atoms with E-state index < -0.39 is 0 Å². The minimum Gasteiger partial charge on any atom is -0.369 e. The maximum absolute atomic E-state index is 5.98. The van der Waals surface area contributed by atoms with Crippen LogP contribution in [0.15, 0.2) is 12.1 Å².